The number of halogens is 2. The number of nitrogens with zero attached hydrogens (tertiary/aromatic N) is 1. The first-order chi connectivity index (χ1) is 9.24. The van der Waals surface area contributed by atoms with E-state index in [1.165, 1.54) is 12.1 Å². The topological polar surface area (TPSA) is 12.5 Å². The fraction of sp³-hybridized carbons (Fsp3) is 0.600. The average molecular weight is 286 g/mol. The highest BCUT2D eigenvalue weighted by Crippen LogP contribution is 2.27. The van der Waals surface area contributed by atoms with Crippen LogP contribution < -0.4 is 4.90 Å². The lowest BCUT2D eigenvalue weighted by molar-refractivity contribution is 0.0440. The SMILES string of the molecule is CCCOC1CCCN(c2ccc(F)cc2CCl)C1. The summed E-state index contributed by atoms with van der Waals surface area (Å²) in [5, 5.41) is 0. The van der Waals surface area contributed by atoms with Gasteiger partial charge in [0.2, 0.25) is 0 Å². The Kier molecular flexibility index (Phi) is 5.46. The van der Waals surface area contributed by atoms with Crippen molar-refractivity contribution >= 4 is 17.3 Å². The van der Waals surface area contributed by atoms with Crippen LogP contribution in [0.1, 0.15) is 31.7 Å². The molecule has 1 fully saturated rings. The molecular formula is C15H21ClFNO. The molecule has 19 heavy (non-hydrogen) atoms. The van der Waals surface area contributed by atoms with Crippen molar-refractivity contribution in [1.29, 1.82) is 0 Å². The van der Waals surface area contributed by atoms with Crippen LogP contribution in [0.3, 0.4) is 0 Å². The minimum atomic E-state index is -0.227. The Balaban J connectivity index is 2.08. The van der Waals surface area contributed by atoms with E-state index in [-0.39, 0.29) is 11.9 Å². The van der Waals surface area contributed by atoms with E-state index in [1.54, 1.807) is 0 Å². The van der Waals surface area contributed by atoms with Crippen molar-refractivity contribution in [3.05, 3.63) is 29.6 Å². The summed E-state index contributed by atoms with van der Waals surface area (Å²) in [5.41, 5.74) is 1.90. The van der Waals surface area contributed by atoms with Gasteiger partial charge in [-0.1, -0.05) is 6.92 Å². The summed E-state index contributed by atoms with van der Waals surface area (Å²) in [6.45, 7) is 4.79. The maximum Gasteiger partial charge on any atom is 0.123 e. The van der Waals surface area contributed by atoms with Crippen LogP contribution in [-0.4, -0.2) is 25.8 Å². The normalized spacial score (nSPS) is 19.7. The molecule has 0 aromatic heterocycles. The Morgan fingerprint density at radius 3 is 3.05 bits per heavy atom. The predicted molar refractivity (Wildman–Crippen MR) is 77.4 cm³/mol. The van der Waals surface area contributed by atoms with Gasteiger partial charge in [0, 0.05) is 31.3 Å². The van der Waals surface area contributed by atoms with E-state index < -0.39 is 0 Å². The Morgan fingerprint density at radius 2 is 2.32 bits per heavy atom. The maximum atomic E-state index is 13.2. The van der Waals surface area contributed by atoms with Gasteiger partial charge in [-0.05, 0) is 43.0 Å². The summed E-state index contributed by atoms with van der Waals surface area (Å²) in [6, 6.07) is 4.86. The smallest absolute Gasteiger partial charge is 0.123 e. The lowest BCUT2D eigenvalue weighted by Crippen LogP contribution is -2.40. The van der Waals surface area contributed by atoms with Gasteiger partial charge in [-0.15, -0.1) is 11.6 Å². The number of rotatable bonds is 5. The van der Waals surface area contributed by atoms with Gasteiger partial charge in [-0.2, -0.15) is 0 Å². The number of benzene rings is 1. The van der Waals surface area contributed by atoms with Gasteiger partial charge < -0.3 is 9.64 Å². The quantitative estimate of drug-likeness (QED) is 0.759. The van der Waals surface area contributed by atoms with Gasteiger partial charge >= 0.3 is 0 Å². The van der Waals surface area contributed by atoms with Gasteiger partial charge in [0.15, 0.2) is 0 Å². The van der Waals surface area contributed by atoms with Crippen LogP contribution in [0, 0.1) is 5.82 Å². The molecule has 1 heterocycles. The molecule has 1 aromatic carbocycles. The molecule has 2 rings (SSSR count). The number of ether oxygens (including phenoxy) is 1. The summed E-state index contributed by atoms with van der Waals surface area (Å²) in [4.78, 5) is 2.26. The minimum Gasteiger partial charge on any atom is -0.376 e. The Labute approximate surface area is 119 Å². The number of anilines is 1. The van der Waals surface area contributed by atoms with Crippen LogP contribution in [0.15, 0.2) is 18.2 Å². The van der Waals surface area contributed by atoms with Gasteiger partial charge in [0.25, 0.3) is 0 Å². The molecule has 0 saturated carbocycles. The molecule has 2 nitrogen and oxygen atoms in total. The van der Waals surface area contributed by atoms with Crippen molar-refractivity contribution in [2.75, 3.05) is 24.6 Å². The molecule has 0 N–H and O–H groups in total. The Bertz CT molecular complexity index is 413. The second-order valence-corrected chi connectivity index (χ2v) is 5.25. The van der Waals surface area contributed by atoms with Crippen molar-refractivity contribution in [1.82, 2.24) is 0 Å². The standard InChI is InChI=1S/C15H21ClFNO/c1-2-8-19-14-4-3-7-18(11-14)15-6-5-13(17)9-12(15)10-16/h5-6,9,14H,2-4,7-8,10-11H2,1H3. The molecule has 0 aliphatic carbocycles. The second-order valence-electron chi connectivity index (χ2n) is 4.99. The van der Waals surface area contributed by atoms with E-state index in [4.69, 9.17) is 16.3 Å². The predicted octanol–water partition coefficient (Wildman–Crippen LogP) is 3.96. The van der Waals surface area contributed by atoms with Crippen LogP contribution in [0.5, 0.6) is 0 Å². The minimum absolute atomic E-state index is 0.227. The van der Waals surface area contributed by atoms with Crippen molar-refractivity contribution in [3.63, 3.8) is 0 Å². The molecule has 0 amide bonds. The molecular weight excluding hydrogens is 265 g/mol. The van der Waals surface area contributed by atoms with Crippen molar-refractivity contribution in [2.45, 2.75) is 38.2 Å². The number of alkyl halides is 1. The lowest BCUT2D eigenvalue weighted by atomic mass is 10.1. The first-order valence-electron chi connectivity index (χ1n) is 6.95. The highest BCUT2D eigenvalue weighted by molar-refractivity contribution is 6.17. The Hall–Kier alpha value is -0.800. The Morgan fingerprint density at radius 1 is 1.47 bits per heavy atom. The average Bonchev–Trinajstić information content (AvgIpc) is 2.45. The second kappa shape index (κ2) is 7.11. The van der Waals surface area contributed by atoms with Crippen LogP contribution in [0.25, 0.3) is 0 Å². The highest BCUT2D eigenvalue weighted by Gasteiger charge is 2.22. The van der Waals surface area contributed by atoms with Gasteiger partial charge in [0.05, 0.1) is 6.10 Å². The molecule has 1 aliphatic rings. The summed E-state index contributed by atoms with van der Waals surface area (Å²) in [7, 11) is 0. The zero-order chi connectivity index (χ0) is 13.7. The number of hydrogen-bond donors (Lipinski definition) is 0. The lowest BCUT2D eigenvalue weighted by Gasteiger charge is -2.35. The molecule has 0 bridgehead atoms. The first-order valence-corrected chi connectivity index (χ1v) is 7.49. The molecule has 1 saturated heterocycles. The van der Waals surface area contributed by atoms with E-state index in [2.05, 4.69) is 11.8 Å². The molecule has 1 aromatic rings. The molecule has 0 radical (unpaired) electrons. The largest absolute Gasteiger partial charge is 0.376 e. The summed E-state index contributed by atoms with van der Waals surface area (Å²) in [5.74, 6) is 0.111. The summed E-state index contributed by atoms with van der Waals surface area (Å²) in [6.07, 6.45) is 3.53. The van der Waals surface area contributed by atoms with Crippen LogP contribution in [0.2, 0.25) is 0 Å². The van der Waals surface area contributed by atoms with E-state index in [0.717, 1.165) is 50.2 Å². The maximum absolute atomic E-state index is 13.2. The molecule has 106 valence electrons. The third-order valence-electron chi connectivity index (χ3n) is 3.46. The van der Waals surface area contributed by atoms with Crippen molar-refractivity contribution in [3.8, 4) is 0 Å². The zero-order valence-electron chi connectivity index (χ0n) is 11.4. The fourth-order valence-electron chi connectivity index (χ4n) is 2.55. The number of piperidine rings is 1. The summed E-state index contributed by atoms with van der Waals surface area (Å²) < 4.78 is 19.1. The van der Waals surface area contributed by atoms with Gasteiger partial charge in [-0.3, -0.25) is 0 Å². The van der Waals surface area contributed by atoms with Crippen molar-refractivity contribution in [2.24, 2.45) is 0 Å². The molecule has 0 spiro atoms. The van der Waals surface area contributed by atoms with Gasteiger partial charge in [-0.25, -0.2) is 4.39 Å². The van der Waals surface area contributed by atoms with Crippen LogP contribution in [0.4, 0.5) is 10.1 Å². The first kappa shape index (κ1) is 14.6. The van der Waals surface area contributed by atoms with E-state index in [0.29, 0.717) is 5.88 Å². The van der Waals surface area contributed by atoms with Crippen LogP contribution >= 0.6 is 11.6 Å². The molecule has 1 unspecified atom stereocenters. The zero-order valence-corrected chi connectivity index (χ0v) is 12.1. The highest BCUT2D eigenvalue weighted by atomic mass is 35.5. The fourth-order valence-corrected chi connectivity index (χ4v) is 2.76. The van der Waals surface area contributed by atoms with E-state index >= 15 is 0 Å². The molecule has 1 atom stereocenters. The van der Waals surface area contributed by atoms with Crippen molar-refractivity contribution < 1.29 is 9.13 Å². The third-order valence-corrected chi connectivity index (χ3v) is 3.75. The monoisotopic (exact) mass is 285 g/mol. The van der Waals surface area contributed by atoms with E-state index in [9.17, 15) is 4.39 Å². The summed E-state index contributed by atoms with van der Waals surface area (Å²) >= 11 is 5.92. The molecule has 1 aliphatic heterocycles. The molecule has 4 heteroatoms. The van der Waals surface area contributed by atoms with Gasteiger partial charge in [0.1, 0.15) is 5.82 Å². The third kappa shape index (κ3) is 3.83. The van der Waals surface area contributed by atoms with E-state index in [1.807, 2.05) is 6.07 Å². The number of hydrogen-bond acceptors (Lipinski definition) is 2. The van der Waals surface area contributed by atoms with Crippen LogP contribution in [-0.2, 0) is 10.6 Å².